The van der Waals surface area contributed by atoms with Gasteiger partial charge in [0.15, 0.2) is 24.8 Å². The highest BCUT2D eigenvalue weighted by molar-refractivity contribution is 7.81. The maximum absolute atomic E-state index is 11.6. The van der Waals surface area contributed by atoms with E-state index in [1.165, 1.54) is 0 Å². The predicted molar refractivity (Wildman–Crippen MR) is 102 cm³/mol. The van der Waals surface area contributed by atoms with Crippen molar-refractivity contribution in [3.05, 3.63) is 0 Å². The van der Waals surface area contributed by atoms with Crippen molar-refractivity contribution < 1.29 is 83.6 Å². The monoisotopic (exact) mass is 557 g/mol. The van der Waals surface area contributed by atoms with Crippen LogP contribution < -0.4 is 5.32 Å². The Morgan fingerprint density at radius 2 is 1.51 bits per heavy atom. The summed E-state index contributed by atoms with van der Waals surface area (Å²) >= 11 is 0. The average Bonchev–Trinajstić information content (AvgIpc) is 2.69. The quantitative estimate of drug-likeness (QED) is 0.123. The topological polar surface area (TPSA) is 302 Å². The molecule has 0 radical (unpaired) electrons. The second-order valence-corrected chi connectivity index (χ2v) is 9.47. The van der Waals surface area contributed by atoms with Gasteiger partial charge in [0, 0.05) is 6.92 Å². The molecule has 2 saturated heterocycles. The summed E-state index contributed by atoms with van der Waals surface area (Å²) in [5.74, 6) is -2.69. The number of carboxylic acids is 1. The Labute approximate surface area is 197 Å². The molecule has 0 saturated carbocycles. The number of amides is 1. The number of ether oxygens (including phenoxy) is 3. The SMILES string of the molecule is CC(=O)N[C@H]1[C@@H](O[C@H]2[C@H](O)[C@@H](OS(=O)(=O)O)[C@H](O)O[C@H]2C(=O)O)O[C@H](COS(=O)(=O)O)[C@@H](O)[C@@H]1O. The summed E-state index contributed by atoms with van der Waals surface area (Å²) in [6.45, 7) is -0.141. The van der Waals surface area contributed by atoms with E-state index < -0.39 is 101 Å². The van der Waals surface area contributed by atoms with Crippen molar-refractivity contribution >= 4 is 32.7 Å². The van der Waals surface area contributed by atoms with Gasteiger partial charge in [0.25, 0.3) is 0 Å². The van der Waals surface area contributed by atoms with Crippen LogP contribution in [0.15, 0.2) is 0 Å². The molecule has 35 heavy (non-hydrogen) atoms. The fourth-order valence-electron chi connectivity index (χ4n) is 3.32. The summed E-state index contributed by atoms with van der Waals surface area (Å²) in [7, 11) is -10.4. The molecule has 2 rings (SSSR count). The first-order valence-electron chi connectivity index (χ1n) is 9.37. The minimum atomic E-state index is -5.32. The largest absolute Gasteiger partial charge is 0.479 e. The lowest BCUT2D eigenvalue weighted by atomic mass is 9.95. The van der Waals surface area contributed by atoms with Gasteiger partial charge in [-0.3, -0.25) is 13.9 Å². The van der Waals surface area contributed by atoms with Gasteiger partial charge in [-0.25, -0.2) is 13.2 Å². The van der Waals surface area contributed by atoms with Crippen LogP contribution in [0.1, 0.15) is 6.92 Å². The van der Waals surface area contributed by atoms with Crippen LogP contribution in [-0.2, 0) is 53.0 Å². The molecule has 0 aliphatic carbocycles. The van der Waals surface area contributed by atoms with Crippen molar-refractivity contribution in [2.75, 3.05) is 6.61 Å². The van der Waals surface area contributed by atoms with Gasteiger partial charge < -0.3 is 45.1 Å². The molecule has 19 nitrogen and oxygen atoms in total. The molecule has 0 unspecified atom stereocenters. The fourth-order valence-corrected chi connectivity index (χ4v) is 4.11. The van der Waals surface area contributed by atoms with Crippen molar-refractivity contribution in [1.82, 2.24) is 5.32 Å². The molecule has 2 aliphatic heterocycles. The van der Waals surface area contributed by atoms with E-state index in [-0.39, 0.29) is 0 Å². The van der Waals surface area contributed by atoms with E-state index >= 15 is 0 Å². The standard InChI is InChI=1S/C14H23NO18S2/c1-3(16)15-5-7(18)6(17)4(2-29-34(23,24)25)30-14(5)32-9-8(19)10(33-35(26,27)28)13(22)31-11(9)12(20)21/h4-11,13-14,17-19,22H,2H2,1H3,(H,15,16)(H,20,21)(H,23,24,25)(H,26,27,28)/t4-,5-,6-,7-,8+,9+,10-,11-,13-,14-/m1/s1. The Balaban J connectivity index is 2.38. The third-order valence-corrected chi connectivity index (χ3v) is 5.66. The van der Waals surface area contributed by atoms with Crippen molar-refractivity contribution in [3.8, 4) is 0 Å². The number of carbonyl (C=O) groups is 2. The highest BCUT2D eigenvalue weighted by atomic mass is 32.3. The van der Waals surface area contributed by atoms with Gasteiger partial charge in [0.05, 0.1) is 6.61 Å². The molecule has 0 bridgehead atoms. The predicted octanol–water partition coefficient (Wildman–Crippen LogP) is -5.51. The van der Waals surface area contributed by atoms with Crippen LogP contribution in [-0.4, -0.2) is 131 Å². The van der Waals surface area contributed by atoms with E-state index in [9.17, 15) is 52.0 Å². The molecule has 2 fully saturated rings. The first-order valence-corrected chi connectivity index (χ1v) is 12.1. The van der Waals surface area contributed by atoms with Gasteiger partial charge in [0.2, 0.25) is 5.91 Å². The van der Waals surface area contributed by atoms with E-state index in [1.807, 2.05) is 0 Å². The van der Waals surface area contributed by atoms with E-state index in [1.54, 1.807) is 0 Å². The molecule has 204 valence electrons. The number of aliphatic carboxylic acids is 1. The summed E-state index contributed by atoms with van der Waals surface area (Å²) in [6.07, 6.45) is -19.3. The molecular weight excluding hydrogens is 534 g/mol. The van der Waals surface area contributed by atoms with Crippen LogP contribution in [0.25, 0.3) is 0 Å². The summed E-state index contributed by atoms with van der Waals surface area (Å²) in [5, 5.41) is 52.3. The van der Waals surface area contributed by atoms with Crippen molar-refractivity contribution in [3.63, 3.8) is 0 Å². The molecule has 21 heteroatoms. The first-order chi connectivity index (χ1) is 15.9. The van der Waals surface area contributed by atoms with Crippen LogP contribution >= 0.6 is 0 Å². The molecular formula is C14H23NO18S2. The van der Waals surface area contributed by atoms with Crippen LogP contribution in [0.4, 0.5) is 0 Å². The summed E-state index contributed by atoms with van der Waals surface area (Å²) in [6, 6.07) is -1.71. The normalized spacial score (nSPS) is 38.6. The number of carbonyl (C=O) groups excluding carboxylic acids is 1. The van der Waals surface area contributed by atoms with Gasteiger partial charge in [0.1, 0.15) is 36.6 Å². The van der Waals surface area contributed by atoms with E-state index in [0.717, 1.165) is 6.92 Å². The lowest BCUT2D eigenvalue weighted by molar-refractivity contribution is -0.332. The van der Waals surface area contributed by atoms with Crippen LogP contribution in [0.5, 0.6) is 0 Å². The zero-order valence-corrected chi connectivity index (χ0v) is 19.1. The Kier molecular flexibility index (Phi) is 9.48. The number of hydrogen-bond donors (Lipinski definition) is 8. The maximum atomic E-state index is 11.6. The second kappa shape index (κ2) is 11.2. The van der Waals surface area contributed by atoms with E-state index in [2.05, 4.69) is 13.7 Å². The average molecular weight is 557 g/mol. The maximum Gasteiger partial charge on any atom is 0.397 e. The molecule has 2 heterocycles. The van der Waals surface area contributed by atoms with E-state index in [0.29, 0.717) is 0 Å². The Bertz CT molecular complexity index is 985. The highest BCUT2D eigenvalue weighted by Crippen LogP contribution is 2.30. The number of aliphatic hydroxyl groups is 4. The first kappa shape index (κ1) is 29.6. The molecule has 0 aromatic carbocycles. The molecule has 0 aromatic rings. The van der Waals surface area contributed by atoms with Crippen LogP contribution in [0, 0.1) is 0 Å². The van der Waals surface area contributed by atoms with Crippen molar-refractivity contribution in [2.24, 2.45) is 0 Å². The van der Waals surface area contributed by atoms with Gasteiger partial charge in [-0.15, -0.1) is 0 Å². The number of hydrogen-bond acceptors (Lipinski definition) is 15. The number of rotatable bonds is 9. The third kappa shape index (κ3) is 7.94. The Morgan fingerprint density at radius 3 is 2.00 bits per heavy atom. The Hall–Kier alpha value is -1.60. The highest BCUT2D eigenvalue weighted by Gasteiger charge is 2.54. The lowest BCUT2D eigenvalue weighted by Gasteiger charge is -2.46. The number of aliphatic hydroxyl groups excluding tert-OH is 4. The molecule has 0 spiro atoms. The summed E-state index contributed by atoms with van der Waals surface area (Å²) in [5.41, 5.74) is 0. The number of nitrogens with one attached hydrogen (secondary N) is 1. The Morgan fingerprint density at radius 1 is 0.914 bits per heavy atom. The van der Waals surface area contributed by atoms with Crippen LogP contribution in [0.2, 0.25) is 0 Å². The third-order valence-electron chi connectivity index (χ3n) is 4.76. The van der Waals surface area contributed by atoms with Crippen LogP contribution in [0.3, 0.4) is 0 Å². The minimum absolute atomic E-state index is 0.829. The molecule has 0 aromatic heterocycles. The van der Waals surface area contributed by atoms with Gasteiger partial charge >= 0.3 is 26.8 Å². The van der Waals surface area contributed by atoms with Crippen molar-refractivity contribution in [2.45, 2.75) is 68.3 Å². The summed E-state index contributed by atoms with van der Waals surface area (Å²) < 4.78 is 84.7. The molecule has 1 amide bonds. The second-order valence-electron chi connectivity index (χ2n) is 7.33. The molecule has 8 N–H and O–H groups in total. The number of carboxylic acid groups (broad SMARTS) is 1. The summed E-state index contributed by atoms with van der Waals surface area (Å²) in [4.78, 5) is 23.2. The zero-order valence-electron chi connectivity index (χ0n) is 17.4. The molecule has 2 aliphatic rings. The fraction of sp³-hybridized carbons (Fsp3) is 0.857. The molecule has 10 atom stereocenters. The van der Waals surface area contributed by atoms with E-state index in [4.69, 9.17) is 23.3 Å². The minimum Gasteiger partial charge on any atom is -0.479 e. The zero-order chi connectivity index (χ0) is 26.9. The van der Waals surface area contributed by atoms with Crippen molar-refractivity contribution in [1.29, 1.82) is 0 Å². The van der Waals surface area contributed by atoms with Gasteiger partial charge in [-0.05, 0) is 0 Å². The smallest absolute Gasteiger partial charge is 0.397 e. The van der Waals surface area contributed by atoms with Gasteiger partial charge in [-0.2, -0.15) is 16.8 Å². The lowest BCUT2D eigenvalue weighted by Crippen LogP contribution is -2.68. The van der Waals surface area contributed by atoms with Gasteiger partial charge in [-0.1, -0.05) is 0 Å².